The van der Waals surface area contributed by atoms with E-state index in [0.717, 1.165) is 11.1 Å². The van der Waals surface area contributed by atoms with Crippen molar-refractivity contribution in [2.24, 2.45) is 0 Å². The second-order valence-electron chi connectivity index (χ2n) is 6.50. The van der Waals surface area contributed by atoms with Crippen molar-refractivity contribution in [1.29, 1.82) is 0 Å². The predicted molar refractivity (Wildman–Crippen MR) is 101 cm³/mol. The predicted octanol–water partition coefficient (Wildman–Crippen LogP) is 6.00. The van der Waals surface area contributed by atoms with Gasteiger partial charge in [0.2, 0.25) is 0 Å². The Bertz CT molecular complexity index is 806. The molecule has 3 aromatic carbocycles. The van der Waals surface area contributed by atoms with Gasteiger partial charge in [0, 0.05) is 17.4 Å². The molecule has 1 heteroatoms. The fourth-order valence-corrected chi connectivity index (χ4v) is 3.39. The zero-order chi connectivity index (χ0) is 17.1. The van der Waals surface area contributed by atoms with Crippen LogP contribution in [0.2, 0.25) is 0 Å². The summed E-state index contributed by atoms with van der Waals surface area (Å²) in [4.78, 5) is 0. The molecule has 0 fully saturated rings. The van der Waals surface area contributed by atoms with Gasteiger partial charge >= 0.3 is 0 Å². The minimum absolute atomic E-state index is 0.146. The van der Waals surface area contributed by atoms with Crippen LogP contribution in [0.3, 0.4) is 0 Å². The summed E-state index contributed by atoms with van der Waals surface area (Å²) in [5, 5.41) is 10.8. The lowest BCUT2D eigenvalue weighted by atomic mass is 9.81. The summed E-state index contributed by atoms with van der Waals surface area (Å²) in [5.74, 6) is 0.803. The van der Waals surface area contributed by atoms with Crippen LogP contribution >= 0.6 is 0 Å². The molecule has 3 rings (SSSR count). The summed E-state index contributed by atoms with van der Waals surface area (Å²) < 4.78 is 0. The maximum Gasteiger partial charge on any atom is 0.122 e. The van der Waals surface area contributed by atoms with Crippen LogP contribution in [-0.2, 0) is 0 Å². The van der Waals surface area contributed by atoms with Gasteiger partial charge in [0.05, 0.1) is 0 Å². The summed E-state index contributed by atoms with van der Waals surface area (Å²) in [6, 6.07) is 25.1. The SMILES string of the molecule is Cc1ccc(C(C)c2ccccc2)c(C(C)c2ccccc2)c1O. The van der Waals surface area contributed by atoms with E-state index in [1.807, 2.05) is 25.1 Å². The molecular weight excluding hydrogens is 292 g/mol. The van der Waals surface area contributed by atoms with E-state index < -0.39 is 0 Å². The third-order valence-corrected chi connectivity index (χ3v) is 4.95. The Hall–Kier alpha value is -2.54. The summed E-state index contributed by atoms with van der Waals surface area (Å²) in [6.45, 7) is 6.35. The lowest BCUT2D eigenvalue weighted by Crippen LogP contribution is -2.06. The molecule has 0 bridgehead atoms. The highest BCUT2D eigenvalue weighted by Crippen LogP contribution is 2.40. The molecule has 0 saturated carbocycles. The van der Waals surface area contributed by atoms with Crippen molar-refractivity contribution in [3.05, 3.63) is 101 Å². The van der Waals surface area contributed by atoms with Gasteiger partial charge in [0.15, 0.2) is 0 Å². The van der Waals surface area contributed by atoms with Crippen LogP contribution in [0.5, 0.6) is 5.75 Å². The van der Waals surface area contributed by atoms with E-state index in [1.54, 1.807) is 0 Å². The second-order valence-corrected chi connectivity index (χ2v) is 6.50. The normalized spacial score (nSPS) is 13.5. The number of aryl methyl sites for hydroxylation is 1. The van der Waals surface area contributed by atoms with Gasteiger partial charge in [-0.2, -0.15) is 0 Å². The highest BCUT2D eigenvalue weighted by Gasteiger charge is 2.22. The molecule has 122 valence electrons. The van der Waals surface area contributed by atoms with Gasteiger partial charge in [-0.3, -0.25) is 0 Å². The lowest BCUT2D eigenvalue weighted by Gasteiger charge is -2.24. The summed E-state index contributed by atoms with van der Waals surface area (Å²) in [5.41, 5.74) is 5.65. The Labute approximate surface area is 144 Å². The van der Waals surface area contributed by atoms with Gasteiger partial charge in [-0.05, 0) is 29.2 Å². The number of phenols is 1. The average molecular weight is 316 g/mol. The molecule has 0 aliphatic heterocycles. The molecule has 0 radical (unpaired) electrons. The molecule has 1 N–H and O–H groups in total. The van der Waals surface area contributed by atoms with E-state index in [0.29, 0.717) is 5.75 Å². The molecule has 2 atom stereocenters. The van der Waals surface area contributed by atoms with E-state index in [2.05, 4.69) is 68.4 Å². The van der Waals surface area contributed by atoms with E-state index in [9.17, 15) is 5.11 Å². The number of benzene rings is 3. The Kier molecular flexibility index (Phi) is 4.71. The highest BCUT2D eigenvalue weighted by molar-refractivity contribution is 5.53. The average Bonchev–Trinajstić information content (AvgIpc) is 2.64. The highest BCUT2D eigenvalue weighted by atomic mass is 16.3. The topological polar surface area (TPSA) is 20.2 Å². The van der Waals surface area contributed by atoms with Crippen molar-refractivity contribution in [3.63, 3.8) is 0 Å². The molecule has 0 aromatic heterocycles. The van der Waals surface area contributed by atoms with Gasteiger partial charge in [-0.15, -0.1) is 0 Å². The molecule has 2 unspecified atom stereocenters. The summed E-state index contributed by atoms with van der Waals surface area (Å²) in [7, 11) is 0. The van der Waals surface area contributed by atoms with Gasteiger partial charge in [0.25, 0.3) is 0 Å². The number of phenolic OH excluding ortho intramolecular Hbond substituents is 1. The van der Waals surface area contributed by atoms with Gasteiger partial charge < -0.3 is 5.11 Å². The van der Waals surface area contributed by atoms with Crippen LogP contribution < -0.4 is 0 Å². The van der Waals surface area contributed by atoms with Gasteiger partial charge in [-0.1, -0.05) is 86.6 Å². The molecule has 0 saturated heterocycles. The maximum absolute atomic E-state index is 10.8. The number of hydrogen-bond acceptors (Lipinski definition) is 1. The first-order chi connectivity index (χ1) is 11.6. The van der Waals surface area contributed by atoms with Crippen LogP contribution in [0.25, 0.3) is 0 Å². The first-order valence-corrected chi connectivity index (χ1v) is 8.52. The van der Waals surface area contributed by atoms with E-state index >= 15 is 0 Å². The molecule has 0 aliphatic rings. The zero-order valence-corrected chi connectivity index (χ0v) is 14.5. The minimum Gasteiger partial charge on any atom is -0.507 e. The lowest BCUT2D eigenvalue weighted by molar-refractivity contribution is 0.460. The molecular formula is C23H24O. The van der Waals surface area contributed by atoms with Crippen molar-refractivity contribution < 1.29 is 5.11 Å². The molecule has 0 amide bonds. The maximum atomic E-state index is 10.8. The Morgan fingerprint density at radius 1 is 0.667 bits per heavy atom. The molecule has 0 spiro atoms. The molecule has 3 aromatic rings. The quantitative estimate of drug-likeness (QED) is 0.625. The number of rotatable bonds is 4. The van der Waals surface area contributed by atoms with Gasteiger partial charge in [0.1, 0.15) is 5.75 Å². The standard InChI is InChI=1S/C23H24O/c1-16-14-15-21(17(2)19-10-6-4-7-11-19)22(23(16)24)18(3)20-12-8-5-9-13-20/h4-15,17-18,24H,1-3H3. The first-order valence-electron chi connectivity index (χ1n) is 8.52. The fraction of sp³-hybridized carbons (Fsp3) is 0.217. The Morgan fingerprint density at radius 2 is 1.17 bits per heavy atom. The Balaban J connectivity index is 2.12. The molecule has 0 aliphatic carbocycles. The van der Waals surface area contributed by atoms with Crippen LogP contribution in [-0.4, -0.2) is 5.11 Å². The largest absolute Gasteiger partial charge is 0.507 e. The van der Waals surface area contributed by atoms with Crippen molar-refractivity contribution in [2.45, 2.75) is 32.6 Å². The van der Waals surface area contributed by atoms with Crippen LogP contribution in [0.4, 0.5) is 0 Å². The van der Waals surface area contributed by atoms with Crippen molar-refractivity contribution >= 4 is 0 Å². The summed E-state index contributed by atoms with van der Waals surface area (Å²) >= 11 is 0. The fourth-order valence-electron chi connectivity index (χ4n) is 3.39. The first kappa shape index (κ1) is 16.3. The number of hydrogen-bond donors (Lipinski definition) is 1. The molecule has 1 nitrogen and oxygen atoms in total. The minimum atomic E-state index is 0.146. The van der Waals surface area contributed by atoms with Crippen LogP contribution in [0.1, 0.15) is 53.5 Å². The smallest absolute Gasteiger partial charge is 0.122 e. The van der Waals surface area contributed by atoms with E-state index in [4.69, 9.17) is 0 Å². The summed E-state index contributed by atoms with van der Waals surface area (Å²) in [6.07, 6.45) is 0. The second kappa shape index (κ2) is 6.92. The van der Waals surface area contributed by atoms with E-state index in [1.165, 1.54) is 16.7 Å². The van der Waals surface area contributed by atoms with Crippen molar-refractivity contribution in [3.8, 4) is 5.75 Å². The van der Waals surface area contributed by atoms with Gasteiger partial charge in [-0.25, -0.2) is 0 Å². The molecule has 0 heterocycles. The van der Waals surface area contributed by atoms with Crippen molar-refractivity contribution in [1.82, 2.24) is 0 Å². The third kappa shape index (κ3) is 3.07. The van der Waals surface area contributed by atoms with Crippen molar-refractivity contribution in [2.75, 3.05) is 0 Å². The zero-order valence-electron chi connectivity index (χ0n) is 14.5. The third-order valence-electron chi connectivity index (χ3n) is 4.95. The van der Waals surface area contributed by atoms with Crippen LogP contribution in [0.15, 0.2) is 72.8 Å². The molecule has 24 heavy (non-hydrogen) atoms. The number of aromatic hydroxyl groups is 1. The van der Waals surface area contributed by atoms with Crippen LogP contribution in [0, 0.1) is 6.92 Å². The monoisotopic (exact) mass is 316 g/mol. The van der Waals surface area contributed by atoms with E-state index in [-0.39, 0.29) is 11.8 Å². The Morgan fingerprint density at radius 3 is 1.71 bits per heavy atom.